The zero-order valence-corrected chi connectivity index (χ0v) is 12.9. The van der Waals surface area contributed by atoms with Gasteiger partial charge in [0, 0.05) is 13.2 Å². The molecule has 122 valence electrons. The van der Waals surface area contributed by atoms with Crippen molar-refractivity contribution in [1.29, 1.82) is 0 Å². The Balaban J connectivity index is 1.78. The van der Waals surface area contributed by atoms with Crippen LogP contribution in [0.1, 0.15) is 12.8 Å². The second-order valence-corrected chi connectivity index (χ2v) is 5.53. The van der Waals surface area contributed by atoms with Crippen molar-refractivity contribution in [3.8, 4) is 5.75 Å². The fraction of sp³-hybridized carbons (Fsp3) is 0.562. The third kappa shape index (κ3) is 4.42. The number of ether oxygens (including phenoxy) is 2. The van der Waals surface area contributed by atoms with Crippen LogP contribution in [0.15, 0.2) is 24.3 Å². The number of carbonyl (C=O) groups excluding carboxylic acids is 1. The van der Waals surface area contributed by atoms with Crippen molar-refractivity contribution in [2.24, 2.45) is 5.41 Å². The van der Waals surface area contributed by atoms with Crippen LogP contribution in [0.5, 0.6) is 5.75 Å². The molecule has 5 nitrogen and oxygen atoms in total. The number of nitrogens with one attached hydrogen (secondary N) is 2. The summed E-state index contributed by atoms with van der Waals surface area (Å²) in [5.74, 6) is 0.122. The molecule has 22 heavy (non-hydrogen) atoms. The molecule has 0 radical (unpaired) electrons. The zero-order chi connectivity index (χ0) is 15.8. The van der Waals surface area contributed by atoms with E-state index in [4.69, 9.17) is 9.47 Å². The van der Waals surface area contributed by atoms with Crippen LogP contribution >= 0.6 is 0 Å². The van der Waals surface area contributed by atoms with Gasteiger partial charge in [0.1, 0.15) is 18.2 Å². The Hall–Kier alpha value is -1.66. The molecule has 1 saturated heterocycles. The molecule has 2 N–H and O–H groups in total. The normalized spacial score (nSPS) is 17.0. The highest BCUT2D eigenvalue weighted by Crippen LogP contribution is 2.29. The first-order chi connectivity index (χ1) is 10.7. The summed E-state index contributed by atoms with van der Waals surface area (Å²) in [4.78, 5) is 12.4. The molecule has 0 saturated carbocycles. The molecule has 0 unspecified atom stereocenters. The minimum absolute atomic E-state index is 0.00121. The van der Waals surface area contributed by atoms with Gasteiger partial charge < -0.3 is 20.1 Å². The van der Waals surface area contributed by atoms with Gasteiger partial charge in [0.25, 0.3) is 0 Å². The molecule has 1 aliphatic heterocycles. The summed E-state index contributed by atoms with van der Waals surface area (Å²) in [5.41, 5.74) is -0.459. The Bertz CT molecular complexity index is 485. The lowest BCUT2D eigenvalue weighted by atomic mass is 9.78. The minimum atomic E-state index is -0.459. The molecule has 0 aliphatic carbocycles. The van der Waals surface area contributed by atoms with Crippen molar-refractivity contribution < 1.29 is 18.7 Å². The van der Waals surface area contributed by atoms with Crippen LogP contribution in [-0.2, 0) is 9.53 Å². The van der Waals surface area contributed by atoms with Gasteiger partial charge in [-0.3, -0.25) is 4.79 Å². The third-order valence-electron chi connectivity index (χ3n) is 3.92. The molecule has 0 atom stereocenters. The van der Waals surface area contributed by atoms with Crippen molar-refractivity contribution in [3.63, 3.8) is 0 Å². The van der Waals surface area contributed by atoms with E-state index in [-0.39, 0.29) is 11.7 Å². The monoisotopic (exact) mass is 310 g/mol. The van der Waals surface area contributed by atoms with Gasteiger partial charge in [-0.15, -0.1) is 0 Å². The minimum Gasteiger partial charge on any atom is -0.492 e. The third-order valence-corrected chi connectivity index (χ3v) is 3.92. The van der Waals surface area contributed by atoms with E-state index in [2.05, 4.69) is 10.6 Å². The molecule has 1 amide bonds. The van der Waals surface area contributed by atoms with E-state index in [1.165, 1.54) is 12.1 Å². The van der Waals surface area contributed by atoms with E-state index >= 15 is 0 Å². The van der Waals surface area contributed by atoms with Gasteiger partial charge in [-0.2, -0.15) is 0 Å². The van der Waals surface area contributed by atoms with E-state index in [1.54, 1.807) is 19.2 Å². The summed E-state index contributed by atoms with van der Waals surface area (Å²) in [7, 11) is 1.62. The SMILES string of the molecule is COCC1(C(=O)NCCOc2cccc(F)c2)CCNCC1. The predicted octanol–water partition coefficient (Wildman–Crippen LogP) is 1.34. The highest BCUT2D eigenvalue weighted by Gasteiger charge is 2.39. The Kier molecular flexibility index (Phi) is 6.15. The van der Waals surface area contributed by atoms with Gasteiger partial charge in [-0.1, -0.05) is 6.07 Å². The second-order valence-electron chi connectivity index (χ2n) is 5.53. The first-order valence-corrected chi connectivity index (χ1v) is 7.53. The maximum atomic E-state index is 13.0. The van der Waals surface area contributed by atoms with Crippen LogP contribution in [-0.4, -0.2) is 45.9 Å². The average molecular weight is 310 g/mol. The number of hydrogen-bond acceptors (Lipinski definition) is 4. The number of amides is 1. The number of hydrogen-bond donors (Lipinski definition) is 2. The lowest BCUT2D eigenvalue weighted by Gasteiger charge is -2.35. The Labute approximate surface area is 130 Å². The topological polar surface area (TPSA) is 59.6 Å². The smallest absolute Gasteiger partial charge is 0.228 e. The van der Waals surface area contributed by atoms with E-state index in [9.17, 15) is 9.18 Å². The molecular formula is C16H23FN2O3. The molecule has 0 spiro atoms. The maximum Gasteiger partial charge on any atom is 0.228 e. The van der Waals surface area contributed by atoms with Gasteiger partial charge in [0.2, 0.25) is 5.91 Å². The van der Waals surface area contributed by atoms with E-state index < -0.39 is 5.41 Å². The number of methoxy groups -OCH3 is 1. The highest BCUT2D eigenvalue weighted by atomic mass is 19.1. The Morgan fingerprint density at radius 2 is 2.18 bits per heavy atom. The highest BCUT2D eigenvalue weighted by molar-refractivity contribution is 5.83. The molecule has 1 fully saturated rings. The van der Waals surface area contributed by atoms with Crippen LogP contribution in [0.25, 0.3) is 0 Å². The number of rotatable bonds is 7. The van der Waals surface area contributed by atoms with E-state index in [1.807, 2.05) is 0 Å². The fourth-order valence-corrected chi connectivity index (χ4v) is 2.70. The van der Waals surface area contributed by atoms with Crippen LogP contribution in [0, 0.1) is 11.2 Å². The van der Waals surface area contributed by atoms with Crippen molar-refractivity contribution >= 4 is 5.91 Å². The average Bonchev–Trinajstić information content (AvgIpc) is 2.52. The van der Waals surface area contributed by atoms with E-state index in [0.717, 1.165) is 25.9 Å². The lowest BCUT2D eigenvalue weighted by molar-refractivity contribution is -0.136. The Morgan fingerprint density at radius 1 is 1.41 bits per heavy atom. The van der Waals surface area contributed by atoms with Gasteiger partial charge in [0.05, 0.1) is 18.6 Å². The van der Waals surface area contributed by atoms with Crippen LogP contribution in [0.2, 0.25) is 0 Å². The quantitative estimate of drug-likeness (QED) is 0.746. The molecule has 1 aliphatic rings. The van der Waals surface area contributed by atoms with Gasteiger partial charge in [-0.05, 0) is 38.1 Å². The number of halogens is 1. The standard InChI is InChI=1S/C16H23FN2O3/c1-21-12-16(5-7-18-8-6-16)15(20)19-9-10-22-14-4-2-3-13(17)11-14/h2-4,11,18H,5-10,12H2,1H3,(H,19,20). The van der Waals surface area contributed by atoms with E-state index in [0.29, 0.717) is 25.5 Å². The predicted molar refractivity (Wildman–Crippen MR) is 81.3 cm³/mol. The number of piperidine rings is 1. The van der Waals surface area contributed by atoms with Gasteiger partial charge >= 0.3 is 0 Å². The van der Waals surface area contributed by atoms with Crippen LogP contribution in [0.4, 0.5) is 4.39 Å². The van der Waals surface area contributed by atoms with Crippen LogP contribution in [0.3, 0.4) is 0 Å². The summed E-state index contributed by atoms with van der Waals surface area (Å²) in [6.45, 7) is 2.74. The molecule has 1 heterocycles. The molecule has 2 rings (SSSR count). The molecule has 6 heteroatoms. The molecule has 1 aromatic rings. The second kappa shape index (κ2) is 8.10. The maximum absolute atomic E-state index is 13.0. The van der Waals surface area contributed by atoms with Crippen molar-refractivity contribution in [2.45, 2.75) is 12.8 Å². The summed E-state index contributed by atoms with van der Waals surface area (Å²) in [6.07, 6.45) is 1.52. The zero-order valence-electron chi connectivity index (χ0n) is 12.9. The Morgan fingerprint density at radius 3 is 2.86 bits per heavy atom. The first-order valence-electron chi connectivity index (χ1n) is 7.53. The molecule has 0 bridgehead atoms. The molecule has 1 aromatic carbocycles. The largest absolute Gasteiger partial charge is 0.492 e. The van der Waals surface area contributed by atoms with Crippen molar-refractivity contribution in [1.82, 2.24) is 10.6 Å². The fourth-order valence-electron chi connectivity index (χ4n) is 2.70. The number of carbonyl (C=O) groups is 1. The van der Waals surface area contributed by atoms with Crippen molar-refractivity contribution in [2.75, 3.05) is 40.0 Å². The summed E-state index contributed by atoms with van der Waals surface area (Å²) < 4.78 is 23.7. The summed E-state index contributed by atoms with van der Waals surface area (Å²) in [6, 6.07) is 5.96. The van der Waals surface area contributed by atoms with Crippen LogP contribution < -0.4 is 15.4 Å². The van der Waals surface area contributed by atoms with Gasteiger partial charge in [-0.25, -0.2) is 4.39 Å². The summed E-state index contributed by atoms with van der Waals surface area (Å²) >= 11 is 0. The van der Waals surface area contributed by atoms with Crippen molar-refractivity contribution in [3.05, 3.63) is 30.1 Å². The molecule has 0 aromatic heterocycles. The molecular weight excluding hydrogens is 287 g/mol. The number of benzene rings is 1. The van der Waals surface area contributed by atoms with Gasteiger partial charge in [0.15, 0.2) is 0 Å². The first kappa shape index (κ1) is 16.7. The lowest BCUT2D eigenvalue weighted by Crippen LogP contribution is -2.50. The summed E-state index contributed by atoms with van der Waals surface area (Å²) in [5, 5.41) is 6.15.